The van der Waals surface area contributed by atoms with Gasteiger partial charge in [0.25, 0.3) is 0 Å². The molecule has 19 heavy (non-hydrogen) atoms. The van der Waals surface area contributed by atoms with Gasteiger partial charge in [-0.15, -0.1) is 0 Å². The summed E-state index contributed by atoms with van der Waals surface area (Å²) in [7, 11) is -1.57. The maximum atomic E-state index is 9.02. The van der Waals surface area contributed by atoms with Crippen molar-refractivity contribution in [2.45, 2.75) is 6.54 Å². The fraction of sp³-hybridized carbons (Fsp3) is 0.100. The van der Waals surface area contributed by atoms with E-state index in [1.807, 2.05) is 0 Å². The van der Waals surface area contributed by atoms with Gasteiger partial charge in [0.2, 0.25) is 0 Å². The maximum absolute atomic E-state index is 9.02. The minimum absolute atomic E-state index is 0.0825. The molecule has 0 aromatic heterocycles. The van der Waals surface area contributed by atoms with Crippen LogP contribution in [0.5, 0.6) is 0 Å². The molecule has 0 unspecified atom stereocenters. The number of nitrogens with two attached hydrogens (primary N) is 1. The van der Waals surface area contributed by atoms with Crippen LogP contribution >= 0.6 is 0 Å². The summed E-state index contributed by atoms with van der Waals surface area (Å²) < 4.78 is 0. The van der Waals surface area contributed by atoms with Gasteiger partial charge in [0.15, 0.2) is 5.84 Å². The Kier molecular flexibility index (Phi) is 5.18. The Labute approximate surface area is 109 Å². The maximum Gasteiger partial charge on any atom is 0.488 e. The smallest absolute Gasteiger partial charge is 0.423 e. The van der Waals surface area contributed by atoms with Crippen molar-refractivity contribution in [3.05, 3.63) is 29.8 Å². The lowest BCUT2D eigenvalue weighted by Crippen LogP contribution is -2.37. The largest absolute Gasteiger partial charge is 0.488 e. The zero-order chi connectivity index (χ0) is 14.4. The van der Waals surface area contributed by atoms with E-state index in [0.29, 0.717) is 11.0 Å². The van der Waals surface area contributed by atoms with Crippen LogP contribution in [0, 0.1) is 10.8 Å². The third kappa shape index (κ3) is 4.18. The molecule has 100 valence electrons. The predicted octanol–water partition coefficient (Wildman–Crippen LogP) is -1.80. The van der Waals surface area contributed by atoms with E-state index in [4.69, 9.17) is 31.8 Å². The van der Waals surface area contributed by atoms with Crippen LogP contribution in [-0.4, -0.2) is 39.8 Å². The van der Waals surface area contributed by atoms with Gasteiger partial charge in [-0.25, -0.2) is 0 Å². The first-order valence-corrected chi connectivity index (χ1v) is 5.28. The Morgan fingerprint density at radius 3 is 2.58 bits per heavy atom. The first-order chi connectivity index (χ1) is 8.95. The summed E-state index contributed by atoms with van der Waals surface area (Å²) in [5.74, 6) is -0.762. The average molecular weight is 263 g/mol. The zero-order valence-electron chi connectivity index (χ0n) is 9.96. The number of hydrogen-bond donors (Lipinski definition) is 7. The van der Waals surface area contributed by atoms with Crippen LogP contribution < -0.4 is 16.7 Å². The number of hydroxylamine groups is 1. The molecule has 8 N–H and O–H groups in total. The summed E-state index contributed by atoms with van der Waals surface area (Å²) in [5.41, 5.74) is 7.33. The van der Waals surface area contributed by atoms with Gasteiger partial charge in [0, 0.05) is 0 Å². The molecule has 0 aliphatic heterocycles. The second-order valence-electron chi connectivity index (χ2n) is 3.68. The number of aliphatic imine (C=N–C) groups is 1. The van der Waals surface area contributed by atoms with Crippen molar-refractivity contribution in [3.8, 4) is 0 Å². The van der Waals surface area contributed by atoms with Crippen molar-refractivity contribution in [1.82, 2.24) is 5.48 Å². The van der Waals surface area contributed by atoms with Crippen molar-refractivity contribution in [2.75, 3.05) is 0 Å². The minimum atomic E-state index is -1.57. The van der Waals surface area contributed by atoms with Crippen molar-refractivity contribution in [2.24, 2.45) is 10.7 Å². The minimum Gasteiger partial charge on any atom is -0.423 e. The highest BCUT2D eigenvalue weighted by molar-refractivity contribution is 6.65. The highest BCUT2D eigenvalue weighted by atomic mass is 16.5. The third-order valence-corrected chi connectivity index (χ3v) is 2.28. The standard InChI is InChI=1S/C10H14BN5O3/c12-8(9(13)14)10(16-19)15-5-6-2-1-3-7(4-6)11(17)18/h1-4,12,17-19H,5H2,(H3,13,14)(H,15,16). The van der Waals surface area contributed by atoms with Crippen LogP contribution in [0.4, 0.5) is 0 Å². The molecule has 0 aliphatic rings. The molecular formula is C10H14BN5O3. The normalized spacial score (nSPS) is 11.0. The van der Waals surface area contributed by atoms with Crippen LogP contribution in [0.1, 0.15) is 5.56 Å². The first-order valence-electron chi connectivity index (χ1n) is 5.28. The summed E-state index contributed by atoms with van der Waals surface area (Å²) in [6.07, 6.45) is 0. The van der Waals surface area contributed by atoms with Gasteiger partial charge < -0.3 is 15.8 Å². The van der Waals surface area contributed by atoms with Crippen molar-refractivity contribution < 1.29 is 15.3 Å². The van der Waals surface area contributed by atoms with Gasteiger partial charge in [0.1, 0.15) is 11.5 Å². The molecule has 1 aromatic rings. The van der Waals surface area contributed by atoms with E-state index in [0.717, 1.165) is 0 Å². The van der Waals surface area contributed by atoms with Gasteiger partial charge in [-0.2, -0.15) is 0 Å². The lowest BCUT2D eigenvalue weighted by molar-refractivity contribution is 0.236. The molecule has 0 radical (unpaired) electrons. The predicted molar refractivity (Wildman–Crippen MR) is 72.0 cm³/mol. The average Bonchev–Trinajstić information content (AvgIpc) is 2.39. The molecule has 1 rings (SSSR count). The van der Waals surface area contributed by atoms with Crippen LogP contribution in [0.2, 0.25) is 0 Å². The number of nitrogens with one attached hydrogen (secondary N) is 3. The van der Waals surface area contributed by atoms with Crippen molar-refractivity contribution >= 4 is 30.0 Å². The van der Waals surface area contributed by atoms with Gasteiger partial charge in [0.05, 0.1) is 6.54 Å². The molecule has 9 heteroatoms. The Bertz CT molecular complexity index is 518. The molecule has 0 amide bonds. The number of benzene rings is 1. The first kappa shape index (κ1) is 14.8. The monoisotopic (exact) mass is 263 g/mol. The molecule has 0 saturated heterocycles. The molecule has 0 fully saturated rings. The van der Waals surface area contributed by atoms with E-state index < -0.39 is 18.7 Å². The summed E-state index contributed by atoms with van der Waals surface area (Å²) in [6.45, 7) is 0.0825. The fourth-order valence-electron chi connectivity index (χ4n) is 1.32. The molecule has 0 heterocycles. The topological polar surface area (TPSA) is 159 Å². The van der Waals surface area contributed by atoms with Crippen LogP contribution in [0.15, 0.2) is 29.3 Å². The molecule has 8 nitrogen and oxygen atoms in total. The van der Waals surface area contributed by atoms with E-state index in [1.54, 1.807) is 23.7 Å². The van der Waals surface area contributed by atoms with E-state index in [-0.39, 0.29) is 12.4 Å². The van der Waals surface area contributed by atoms with E-state index in [2.05, 4.69) is 4.99 Å². The number of rotatable bonds is 5. The van der Waals surface area contributed by atoms with Crippen molar-refractivity contribution in [3.63, 3.8) is 0 Å². The molecule has 0 spiro atoms. The Balaban J connectivity index is 2.87. The number of nitrogens with zero attached hydrogens (tertiary/aromatic N) is 1. The van der Waals surface area contributed by atoms with E-state index in [9.17, 15) is 0 Å². The van der Waals surface area contributed by atoms with Crippen LogP contribution in [0.25, 0.3) is 0 Å². The van der Waals surface area contributed by atoms with Crippen molar-refractivity contribution in [1.29, 1.82) is 10.8 Å². The van der Waals surface area contributed by atoms with Gasteiger partial charge in [-0.3, -0.25) is 26.5 Å². The summed E-state index contributed by atoms with van der Waals surface area (Å²) in [5, 5.41) is 41.3. The lowest BCUT2D eigenvalue weighted by atomic mass is 9.80. The molecule has 0 bridgehead atoms. The van der Waals surface area contributed by atoms with E-state index >= 15 is 0 Å². The highest BCUT2D eigenvalue weighted by Crippen LogP contribution is 2.00. The summed E-state index contributed by atoms with van der Waals surface area (Å²) >= 11 is 0. The summed E-state index contributed by atoms with van der Waals surface area (Å²) in [6, 6.07) is 6.39. The van der Waals surface area contributed by atoms with Gasteiger partial charge in [-0.05, 0) is 11.0 Å². The Hall–Kier alpha value is -2.23. The molecular weight excluding hydrogens is 249 g/mol. The quantitative estimate of drug-likeness (QED) is 0.144. The highest BCUT2D eigenvalue weighted by Gasteiger charge is 2.11. The summed E-state index contributed by atoms with van der Waals surface area (Å²) in [4.78, 5) is 3.88. The van der Waals surface area contributed by atoms with E-state index in [1.165, 1.54) is 6.07 Å². The van der Waals surface area contributed by atoms with Gasteiger partial charge >= 0.3 is 7.12 Å². The molecule has 0 atom stereocenters. The number of hydrogen-bond acceptors (Lipinski definition) is 6. The molecule has 0 aliphatic carbocycles. The second kappa shape index (κ2) is 6.64. The third-order valence-electron chi connectivity index (χ3n) is 2.28. The SMILES string of the molecule is N=C(N)C(=N)C(=NCc1cccc(B(O)O)c1)NO. The number of amidine groups is 2. The fourth-order valence-corrected chi connectivity index (χ4v) is 1.32. The zero-order valence-corrected chi connectivity index (χ0v) is 9.96. The second-order valence-corrected chi connectivity index (χ2v) is 3.68. The lowest BCUT2D eigenvalue weighted by Gasteiger charge is -2.06. The molecule has 0 saturated carbocycles. The Morgan fingerprint density at radius 2 is 2.05 bits per heavy atom. The van der Waals surface area contributed by atoms with Gasteiger partial charge in [-0.1, -0.05) is 24.3 Å². The van der Waals surface area contributed by atoms with Crippen LogP contribution in [0.3, 0.4) is 0 Å². The Morgan fingerprint density at radius 1 is 1.37 bits per heavy atom. The van der Waals surface area contributed by atoms with Crippen LogP contribution in [-0.2, 0) is 6.54 Å². The molecule has 1 aromatic carbocycles.